The summed E-state index contributed by atoms with van der Waals surface area (Å²) in [6.07, 6.45) is 1.53. The second-order valence-electron chi connectivity index (χ2n) is 5.32. The molecule has 128 valence electrons. The molecule has 2 aromatic rings. The van der Waals surface area contributed by atoms with Gasteiger partial charge in [0.25, 0.3) is 0 Å². The molecule has 24 heavy (non-hydrogen) atoms. The van der Waals surface area contributed by atoms with Crippen molar-refractivity contribution in [2.24, 2.45) is 4.99 Å². The molecule has 0 aliphatic heterocycles. The summed E-state index contributed by atoms with van der Waals surface area (Å²) in [4.78, 5) is 4.03. The van der Waals surface area contributed by atoms with Crippen LogP contribution in [0, 0.1) is 17.5 Å². The Bertz CT molecular complexity index is 702. The van der Waals surface area contributed by atoms with Crippen LogP contribution in [0.15, 0.2) is 47.5 Å². The Morgan fingerprint density at radius 2 is 1.79 bits per heavy atom. The summed E-state index contributed by atoms with van der Waals surface area (Å²) in [5.41, 5.74) is 1.17. The minimum Gasteiger partial charge on any atom is -0.356 e. The van der Waals surface area contributed by atoms with Crippen molar-refractivity contribution in [2.45, 2.75) is 19.4 Å². The number of nitrogens with zero attached hydrogens (tertiary/aromatic N) is 1. The van der Waals surface area contributed by atoms with Crippen molar-refractivity contribution in [2.75, 3.05) is 13.6 Å². The van der Waals surface area contributed by atoms with Gasteiger partial charge in [-0.05, 0) is 48.7 Å². The number of rotatable bonds is 6. The number of aliphatic imine (C=N–C) groups is 1. The van der Waals surface area contributed by atoms with Gasteiger partial charge in [-0.15, -0.1) is 0 Å². The standard InChI is InChI=1S/C18H20F3N3/c1-22-18(24-12-14-11-16(20)7-8-17(14)21)23-9-3-5-13-4-2-6-15(19)10-13/h2,4,6-8,10-11H,3,5,9,12H2,1H3,(H2,22,23,24). The quantitative estimate of drug-likeness (QED) is 0.482. The van der Waals surface area contributed by atoms with Crippen molar-refractivity contribution in [3.63, 3.8) is 0 Å². The largest absolute Gasteiger partial charge is 0.356 e. The highest BCUT2D eigenvalue weighted by Crippen LogP contribution is 2.09. The number of hydrogen-bond acceptors (Lipinski definition) is 1. The van der Waals surface area contributed by atoms with Crippen molar-refractivity contribution >= 4 is 5.96 Å². The van der Waals surface area contributed by atoms with E-state index in [4.69, 9.17) is 0 Å². The molecule has 0 saturated heterocycles. The average molecular weight is 335 g/mol. The third kappa shape index (κ3) is 5.61. The van der Waals surface area contributed by atoms with Crippen molar-refractivity contribution in [3.8, 4) is 0 Å². The van der Waals surface area contributed by atoms with Gasteiger partial charge in [-0.25, -0.2) is 13.2 Å². The normalized spacial score (nSPS) is 11.4. The molecule has 0 saturated carbocycles. The first-order valence-corrected chi connectivity index (χ1v) is 7.71. The molecule has 0 fully saturated rings. The summed E-state index contributed by atoms with van der Waals surface area (Å²) in [5.74, 6) is -0.690. The Morgan fingerprint density at radius 3 is 2.54 bits per heavy atom. The van der Waals surface area contributed by atoms with Crippen molar-refractivity contribution in [3.05, 3.63) is 71.0 Å². The molecule has 2 aromatic carbocycles. The fourth-order valence-corrected chi connectivity index (χ4v) is 2.27. The second-order valence-corrected chi connectivity index (χ2v) is 5.32. The molecule has 0 atom stereocenters. The highest BCUT2D eigenvalue weighted by Gasteiger charge is 2.05. The first-order chi connectivity index (χ1) is 11.6. The lowest BCUT2D eigenvalue weighted by molar-refractivity contribution is 0.581. The Kier molecular flexibility index (Phi) is 6.66. The Morgan fingerprint density at radius 1 is 1.00 bits per heavy atom. The van der Waals surface area contributed by atoms with Crippen molar-refractivity contribution in [1.82, 2.24) is 10.6 Å². The molecule has 0 aliphatic rings. The molecular weight excluding hydrogens is 315 g/mol. The van der Waals surface area contributed by atoms with E-state index < -0.39 is 11.6 Å². The third-order valence-corrected chi connectivity index (χ3v) is 3.50. The summed E-state index contributed by atoms with van der Waals surface area (Å²) in [6.45, 7) is 0.759. The van der Waals surface area contributed by atoms with E-state index in [9.17, 15) is 13.2 Å². The Hall–Kier alpha value is -2.50. The van der Waals surface area contributed by atoms with Gasteiger partial charge in [0.2, 0.25) is 0 Å². The van der Waals surface area contributed by atoms with Crippen molar-refractivity contribution < 1.29 is 13.2 Å². The predicted octanol–water partition coefficient (Wildman–Crippen LogP) is 3.40. The zero-order valence-corrected chi connectivity index (χ0v) is 13.5. The number of guanidine groups is 1. The van der Waals surface area contributed by atoms with Gasteiger partial charge >= 0.3 is 0 Å². The summed E-state index contributed by atoms with van der Waals surface area (Å²) >= 11 is 0. The van der Waals surface area contributed by atoms with Crippen LogP contribution in [0.3, 0.4) is 0 Å². The molecule has 0 aromatic heterocycles. The second kappa shape index (κ2) is 8.96. The Balaban J connectivity index is 1.75. The van der Waals surface area contributed by atoms with Crippen LogP contribution in [-0.2, 0) is 13.0 Å². The molecule has 0 unspecified atom stereocenters. The van der Waals surface area contributed by atoms with E-state index in [0.717, 1.165) is 36.6 Å². The van der Waals surface area contributed by atoms with E-state index in [1.165, 1.54) is 12.1 Å². The van der Waals surface area contributed by atoms with Gasteiger partial charge in [0.1, 0.15) is 17.5 Å². The average Bonchev–Trinajstić information content (AvgIpc) is 2.57. The molecule has 2 rings (SSSR count). The lowest BCUT2D eigenvalue weighted by Gasteiger charge is -2.12. The SMILES string of the molecule is CN=C(NCCCc1cccc(F)c1)NCc1cc(F)ccc1F. The van der Waals surface area contributed by atoms with Gasteiger partial charge in [-0.3, -0.25) is 4.99 Å². The van der Waals surface area contributed by atoms with Crippen molar-refractivity contribution in [1.29, 1.82) is 0 Å². The lowest BCUT2D eigenvalue weighted by Crippen LogP contribution is -2.37. The predicted molar refractivity (Wildman–Crippen MR) is 89.3 cm³/mol. The molecule has 0 amide bonds. The van der Waals surface area contributed by atoms with Crippen LogP contribution in [0.2, 0.25) is 0 Å². The maximum absolute atomic E-state index is 13.6. The van der Waals surface area contributed by atoms with Crippen LogP contribution < -0.4 is 10.6 Å². The zero-order valence-electron chi connectivity index (χ0n) is 13.5. The topological polar surface area (TPSA) is 36.4 Å². The lowest BCUT2D eigenvalue weighted by atomic mass is 10.1. The number of halogens is 3. The molecule has 2 N–H and O–H groups in total. The van der Waals surface area contributed by atoms with E-state index in [1.807, 2.05) is 6.07 Å². The summed E-state index contributed by atoms with van der Waals surface area (Å²) in [5, 5.41) is 6.02. The fraction of sp³-hybridized carbons (Fsp3) is 0.278. The number of aryl methyl sites for hydroxylation is 1. The molecule has 0 spiro atoms. The van der Waals surface area contributed by atoms with E-state index in [1.54, 1.807) is 13.1 Å². The van der Waals surface area contributed by atoms with Crippen LogP contribution >= 0.6 is 0 Å². The highest BCUT2D eigenvalue weighted by molar-refractivity contribution is 5.79. The van der Waals surface area contributed by atoms with Gasteiger partial charge < -0.3 is 10.6 Å². The Labute approximate surface area is 139 Å². The van der Waals surface area contributed by atoms with Gasteiger partial charge in [-0.1, -0.05) is 12.1 Å². The third-order valence-electron chi connectivity index (χ3n) is 3.50. The van der Waals surface area contributed by atoms with Crippen LogP contribution in [0.25, 0.3) is 0 Å². The van der Waals surface area contributed by atoms with Crippen LogP contribution in [0.5, 0.6) is 0 Å². The molecule has 0 heterocycles. The molecule has 0 bridgehead atoms. The first-order valence-electron chi connectivity index (χ1n) is 7.71. The maximum Gasteiger partial charge on any atom is 0.191 e. The van der Waals surface area contributed by atoms with Gasteiger partial charge in [-0.2, -0.15) is 0 Å². The molecule has 0 radical (unpaired) electrons. The number of benzene rings is 2. The summed E-state index contributed by atoms with van der Waals surface area (Å²) < 4.78 is 39.8. The molecular formula is C18H20F3N3. The monoisotopic (exact) mass is 335 g/mol. The van der Waals surface area contributed by atoms with Crippen LogP contribution in [0.4, 0.5) is 13.2 Å². The minimum absolute atomic E-state index is 0.132. The van der Waals surface area contributed by atoms with E-state index >= 15 is 0 Å². The zero-order chi connectivity index (χ0) is 17.4. The number of hydrogen-bond donors (Lipinski definition) is 2. The smallest absolute Gasteiger partial charge is 0.191 e. The summed E-state index contributed by atoms with van der Waals surface area (Å²) in [6, 6.07) is 9.83. The first kappa shape index (κ1) is 17.8. The summed E-state index contributed by atoms with van der Waals surface area (Å²) in [7, 11) is 1.60. The van der Waals surface area contributed by atoms with Crippen LogP contribution in [-0.4, -0.2) is 19.6 Å². The molecule has 3 nitrogen and oxygen atoms in total. The van der Waals surface area contributed by atoms with E-state index in [0.29, 0.717) is 12.5 Å². The highest BCUT2D eigenvalue weighted by atomic mass is 19.1. The van der Waals surface area contributed by atoms with Gasteiger partial charge in [0.05, 0.1) is 0 Å². The maximum atomic E-state index is 13.6. The van der Waals surface area contributed by atoms with E-state index in [-0.39, 0.29) is 17.9 Å². The van der Waals surface area contributed by atoms with Gasteiger partial charge in [0.15, 0.2) is 5.96 Å². The minimum atomic E-state index is -0.480. The molecule has 0 aliphatic carbocycles. The van der Waals surface area contributed by atoms with Gasteiger partial charge in [0, 0.05) is 25.7 Å². The van der Waals surface area contributed by atoms with E-state index in [2.05, 4.69) is 15.6 Å². The van der Waals surface area contributed by atoms with Crippen LogP contribution in [0.1, 0.15) is 17.5 Å². The molecule has 6 heteroatoms. The fourth-order valence-electron chi connectivity index (χ4n) is 2.27. The number of nitrogens with one attached hydrogen (secondary N) is 2.